The number of hydrogen-bond donors (Lipinski definition) is 1. The molecule has 3 unspecified atom stereocenters. The van der Waals surface area contributed by atoms with Crippen molar-refractivity contribution in [2.24, 2.45) is 11.7 Å². The summed E-state index contributed by atoms with van der Waals surface area (Å²) >= 11 is 0. The van der Waals surface area contributed by atoms with E-state index in [0.29, 0.717) is 6.10 Å². The summed E-state index contributed by atoms with van der Waals surface area (Å²) < 4.78 is 6.06. The second kappa shape index (κ2) is 4.30. The molecule has 1 heterocycles. The van der Waals surface area contributed by atoms with Gasteiger partial charge in [0, 0.05) is 5.54 Å². The lowest BCUT2D eigenvalue weighted by Crippen LogP contribution is -2.40. The van der Waals surface area contributed by atoms with Crippen molar-refractivity contribution in [3.05, 3.63) is 0 Å². The fourth-order valence-corrected chi connectivity index (χ4v) is 3.48. The van der Waals surface area contributed by atoms with Crippen LogP contribution in [0.2, 0.25) is 0 Å². The molecule has 16 heavy (non-hydrogen) atoms. The van der Waals surface area contributed by atoms with Gasteiger partial charge < -0.3 is 10.5 Å². The van der Waals surface area contributed by atoms with Gasteiger partial charge in [-0.2, -0.15) is 0 Å². The fourth-order valence-electron chi connectivity index (χ4n) is 3.48. The van der Waals surface area contributed by atoms with Crippen LogP contribution in [0.25, 0.3) is 0 Å². The molecule has 0 aromatic rings. The van der Waals surface area contributed by atoms with Gasteiger partial charge in [-0.05, 0) is 58.3 Å². The minimum atomic E-state index is 0.0752. The van der Waals surface area contributed by atoms with Gasteiger partial charge in [0.25, 0.3) is 0 Å². The zero-order valence-corrected chi connectivity index (χ0v) is 11.1. The number of nitrogens with two attached hydrogens (primary N) is 1. The van der Waals surface area contributed by atoms with Crippen LogP contribution in [0.15, 0.2) is 0 Å². The van der Waals surface area contributed by atoms with Crippen LogP contribution in [0.5, 0.6) is 0 Å². The maximum absolute atomic E-state index is 6.51. The van der Waals surface area contributed by atoms with E-state index in [2.05, 4.69) is 20.8 Å². The van der Waals surface area contributed by atoms with Crippen LogP contribution in [0.4, 0.5) is 0 Å². The van der Waals surface area contributed by atoms with Gasteiger partial charge in [0.15, 0.2) is 0 Å². The molecule has 0 aromatic heterocycles. The second-order valence-corrected chi connectivity index (χ2v) is 6.62. The van der Waals surface area contributed by atoms with Crippen molar-refractivity contribution in [1.82, 2.24) is 0 Å². The highest BCUT2D eigenvalue weighted by atomic mass is 16.5. The molecule has 0 bridgehead atoms. The van der Waals surface area contributed by atoms with E-state index >= 15 is 0 Å². The van der Waals surface area contributed by atoms with Gasteiger partial charge in [-0.25, -0.2) is 0 Å². The molecule has 2 rings (SSSR count). The van der Waals surface area contributed by atoms with E-state index in [4.69, 9.17) is 10.5 Å². The van der Waals surface area contributed by atoms with E-state index in [1.54, 1.807) is 0 Å². The van der Waals surface area contributed by atoms with Crippen LogP contribution >= 0.6 is 0 Å². The summed E-state index contributed by atoms with van der Waals surface area (Å²) in [5, 5.41) is 0. The highest BCUT2D eigenvalue weighted by Crippen LogP contribution is 2.41. The molecule has 94 valence electrons. The Labute approximate surface area is 99.9 Å². The second-order valence-electron chi connectivity index (χ2n) is 6.62. The molecule has 1 aliphatic heterocycles. The highest BCUT2D eigenvalue weighted by Gasteiger charge is 2.40. The van der Waals surface area contributed by atoms with Crippen molar-refractivity contribution in [2.45, 2.75) is 83.0 Å². The van der Waals surface area contributed by atoms with Gasteiger partial charge in [0.1, 0.15) is 0 Å². The summed E-state index contributed by atoms with van der Waals surface area (Å²) in [6.45, 7) is 6.67. The third-order valence-electron chi connectivity index (χ3n) is 4.51. The first-order chi connectivity index (χ1) is 7.42. The summed E-state index contributed by atoms with van der Waals surface area (Å²) in [6, 6.07) is 0. The van der Waals surface area contributed by atoms with Crippen LogP contribution in [0.3, 0.4) is 0 Å². The zero-order valence-electron chi connectivity index (χ0n) is 11.1. The van der Waals surface area contributed by atoms with Crippen molar-refractivity contribution >= 4 is 0 Å². The fraction of sp³-hybridized carbons (Fsp3) is 1.00. The first-order valence-electron chi connectivity index (χ1n) is 6.89. The molecule has 2 fully saturated rings. The Morgan fingerprint density at radius 3 is 2.50 bits per heavy atom. The maximum Gasteiger partial charge on any atom is 0.0631 e. The summed E-state index contributed by atoms with van der Waals surface area (Å²) in [5.74, 6) is 0.861. The summed E-state index contributed by atoms with van der Waals surface area (Å²) in [7, 11) is 0. The van der Waals surface area contributed by atoms with E-state index < -0.39 is 0 Å². The molecule has 0 aromatic carbocycles. The Bertz CT molecular complexity index is 251. The van der Waals surface area contributed by atoms with Gasteiger partial charge in [0.05, 0.1) is 11.7 Å². The van der Waals surface area contributed by atoms with Crippen molar-refractivity contribution in [3.63, 3.8) is 0 Å². The van der Waals surface area contributed by atoms with Crippen molar-refractivity contribution < 1.29 is 4.74 Å². The van der Waals surface area contributed by atoms with Gasteiger partial charge in [-0.3, -0.25) is 0 Å². The molecule has 2 nitrogen and oxygen atoms in total. The summed E-state index contributed by atoms with van der Waals surface area (Å²) in [4.78, 5) is 0. The third kappa shape index (κ3) is 2.78. The van der Waals surface area contributed by atoms with Crippen LogP contribution < -0.4 is 5.73 Å². The Kier molecular flexibility index (Phi) is 3.33. The average Bonchev–Trinajstić information content (AvgIpc) is 2.70. The third-order valence-corrected chi connectivity index (χ3v) is 4.51. The highest BCUT2D eigenvalue weighted by molar-refractivity contribution is 4.96. The van der Waals surface area contributed by atoms with E-state index in [-0.39, 0.29) is 11.1 Å². The lowest BCUT2D eigenvalue weighted by Gasteiger charge is -2.29. The predicted octanol–water partition coefficient (Wildman–Crippen LogP) is 3.24. The molecule has 0 spiro atoms. The van der Waals surface area contributed by atoms with Crippen LogP contribution in [-0.4, -0.2) is 17.2 Å². The largest absolute Gasteiger partial charge is 0.372 e. The molecule has 1 saturated heterocycles. The van der Waals surface area contributed by atoms with Crippen molar-refractivity contribution in [2.75, 3.05) is 0 Å². The smallest absolute Gasteiger partial charge is 0.0631 e. The number of rotatable bonds is 3. The maximum atomic E-state index is 6.51. The van der Waals surface area contributed by atoms with E-state index in [1.165, 1.54) is 38.5 Å². The summed E-state index contributed by atoms with van der Waals surface area (Å²) in [5.41, 5.74) is 6.68. The van der Waals surface area contributed by atoms with Crippen LogP contribution in [0, 0.1) is 5.92 Å². The normalized spacial score (nSPS) is 42.8. The Morgan fingerprint density at radius 2 is 2.00 bits per heavy atom. The molecule has 2 aliphatic rings. The Hall–Kier alpha value is -0.0800. The number of ether oxygens (including phenoxy) is 1. The lowest BCUT2D eigenvalue weighted by molar-refractivity contribution is -0.0267. The van der Waals surface area contributed by atoms with Gasteiger partial charge >= 0.3 is 0 Å². The quantitative estimate of drug-likeness (QED) is 0.800. The Balaban J connectivity index is 1.86. The first-order valence-corrected chi connectivity index (χ1v) is 6.89. The predicted molar refractivity (Wildman–Crippen MR) is 67.4 cm³/mol. The lowest BCUT2D eigenvalue weighted by atomic mass is 9.89. The molecular weight excluding hydrogens is 198 g/mol. The molecule has 0 amide bonds. The Morgan fingerprint density at radius 1 is 1.25 bits per heavy atom. The van der Waals surface area contributed by atoms with Crippen molar-refractivity contribution in [1.29, 1.82) is 0 Å². The minimum absolute atomic E-state index is 0.0752. The molecule has 1 saturated carbocycles. The zero-order chi connectivity index (χ0) is 11.8. The molecular formula is C14H27NO. The average molecular weight is 225 g/mol. The summed E-state index contributed by atoms with van der Waals surface area (Å²) in [6.07, 6.45) is 8.89. The SMILES string of the molecule is CCC1CCC(N)(CC2CCC(C)(C)O2)C1. The first kappa shape index (κ1) is 12.4. The van der Waals surface area contributed by atoms with Crippen LogP contribution in [-0.2, 0) is 4.74 Å². The molecule has 2 heteroatoms. The molecule has 0 radical (unpaired) electrons. The van der Waals surface area contributed by atoms with Crippen LogP contribution in [0.1, 0.15) is 65.7 Å². The molecule has 2 N–H and O–H groups in total. The van der Waals surface area contributed by atoms with Gasteiger partial charge in [-0.15, -0.1) is 0 Å². The van der Waals surface area contributed by atoms with E-state index in [1.807, 2.05) is 0 Å². The van der Waals surface area contributed by atoms with Gasteiger partial charge in [-0.1, -0.05) is 13.3 Å². The topological polar surface area (TPSA) is 35.2 Å². The monoisotopic (exact) mass is 225 g/mol. The van der Waals surface area contributed by atoms with Gasteiger partial charge in [0.2, 0.25) is 0 Å². The van der Waals surface area contributed by atoms with E-state index in [0.717, 1.165) is 12.3 Å². The van der Waals surface area contributed by atoms with Crippen molar-refractivity contribution in [3.8, 4) is 0 Å². The minimum Gasteiger partial charge on any atom is -0.372 e. The standard InChI is InChI=1S/C14H27NO/c1-4-11-5-8-14(15,9-11)10-12-6-7-13(2,3)16-12/h11-12H,4-10,15H2,1-3H3. The number of hydrogen-bond acceptors (Lipinski definition) is 2. The van der Waals surface area contributed by atoms with E-state index in [9.17, 15) is 0 Å². The molecule has 3 atom stereocenters. The molecule has 1 aliphatic carbocycles.